The van der Waals surface area contributed by atoms with Crippen LogP contribution in [0.2, 0.25) is 0 Å². The summed E-state index contributed by atoms with van der Waals surface area (Å²) >= 11 is 3.78. The van der Waals surface area contributed by atoms with Crippen LogP contribution in [0.4, 0.5) is 0 Å². The molecule has 6 heteroatoms. The SMILES string of the molecule is NC1(c2noc(-c3cc4c(s3)CCSC4)n2)CCCC1. The van der Waals surface area contributed by atoms with E-state index >= 15 is 0 Å². The molecule has 0 amide bonds. The topological polar surface area (TPSA) is 64.9 Å². The van der Waals surface area contributed by atoms with Gasteiger partial charge in [-0.1, -0.05) is 18.0 Å². The van der Waals surface area contributed by atoms with E-state index in [4.69, 9.17) is 10.3 Å². The molecule has 106 valence electrons. The number of thioether (sulfide) groups is 1. The van der Waals surface area contributed by atoms with Gasteiger partial charge in [-0.3, -0.25) is 0 Å². The highest BCUT2D eigenvalue weighted by Crippen LogP contribution is 2.38. The van der Waals surface area contributed by atoms with Crippen molar-refractivity contribution < 1.29 is 4.52 Å². The Balaban J connectivity index is 1.66. The molecular formula is C14H17N3OS2. The Morgan fingerprint density at radius 2 is 2.15 bits per heavy atom. The van der Waals surface area contributed by atoms with Crippen LogP contribution in [0.5, 0.6) is 0 Å². The molecule has 4 rings (SSSR count). The molecule has 0 atom stereocenters. The molecule has 0 aromatic carbocycles. The zero-order chi connectivity index (χ0) is 13.6. The molecule has 1 aliphatic heterocycles. The third kappa shape index (κ3) is 2.10. The molecule has 3 heterocycles. The molecule has 0 radical (unpaired) electrons. The fourth-order valence-corrected chi connectivity index (χ4v) is 5.30. The predicted octanol–water partition coefficient (Wildman–Crippen LogP) is 3.32. The molecule has 1 saturated carbocycles. The van der Waals surface area contributed by atoms with Gasteiger partial charge in [0.25, 0.3) is 5.89 Å². The van der Waals surface area contributed by atoms with E-state index in [0.29, 0.717) is 11.7 Å². The van der Waals surface area contributed by atoms with Gasteiger partial charge in [0.15, 0.2) is 5.82 Å². The van der Waals surface area contributed by atoms with Gasteiger partial charge in [0.1, 0.15) is 0 Å². The van der Waals surface area contributed by atoms with Crippen molar-refractivity contribution in [1.29, 1.82) is 0 Å². The molecule has 4 nitrogen and oxygen atoms in total. The first-order valence-corrected chi connectivity index (χ1v) is 9.04. The summed E-state index contributed by atoms with van der Waals surface area (Å²) in [6, 6.07) is 2.21. The zero-order valence-electron chi connectivity index (χ0n) is 11.2. The summed E-state index contributed by atoms with van der Waals surface area (Å²) in [4.78, 5) is 7.15. The maximum atomic E-state index is 6.38. The summed E-state index contributed by atoms with van der Waals surface area (Å²) in [7, 11) is 0. The summed E-state index contributed by atoms with van der Waals surface area (Å²) in [5.74, 6) is 3.65. The van der Waals surface area contributed by atoms with Crippen molar-refractivity contribution in [3.05, 3.63) is 22.3 Å². The Labute approximate surface area is 126 Å². The summed E-state index contributed by atoms with van der Waals surface area (Å²) < 4.78 is 5.47. The number of nitrogens with two attached hydrogens (primary N) is 1. The van der Waals surface area contributed by atoms with E-state index in [-0.39, 0.29) is 5.54 Å². The maximum Gasteiger partial charge on any atom is 0.268 e. The standard InChI is InChI=1S/C14H17N3OS2/c15-14(4-1-2-5-14)13-16-12(18-17-13)11-7-9-8-19-6-3-10(9)20-11/h7H,1-6,8,15H2. The fraction of sp³-hybridized carbons (Fsp3) is 0.571. The molecule has 1 aliphatic carbocycles. The van der Waals surface area contributed by atoms with E-state index in [9.17, 15) is 0 Å². The van der Waals surface area contributed by atoms with Crippen molar-refractivity contribution in [3.63, 3.8) is 0 Å². The minimum absolute atomic E-state index is 0.367. The number of hydrogen-bond acceptors (Lipinski definition) is 6. The Bertz CT molecular complexity index is 605. The van der Waals surface area contributed by atoms with Crippen molar-refractivity contribution >= 4 is 23.1 Å². The number of aromatic nitrogens is 2. The quantitative estimate of drug-likeness (QED) is 0.922. The first-order valence-electron chi connectivity index (χ1n) is 7.07. The second-order valence-electron chi connectivity index (χ2n) is 5.65. The van der Waals surface area contributed by atoms with Crippen LogP contribution < -0.4 is 5.73 Å². The van der Waals surface area contributed by atoms with E-state index in [1.54, 1.807) is 11.3 Å². The Morgan fingerprint density at radius 3 is 2.95 bits per heavy atom. The zero-order valence-corrected chi connectivity index (χ0v) is 12.9. The number of fused-ring (bicyclic) bond motifs is 1. The van der Waals surface area contributed by atoms with Gasteiger partial charge in [-0.15, -0.1) is 11.3 Å². The molecule has 0 spiro atoms. The normalized spacial score (nSPS) is 21.1. The van der Waals surface area contributed by atoms with Crippen molar-refractivity contribution in [3.8, 4) is 10.8 Å². The molecular weight excluding hydrogens is 290 g/mol. The van der Waals surface area contributed by atoms with Crippen LogP contribution in [0.1, 0.15) is 41.9 Å². The van der Waals surface area contributed by atoms with E-state index in [1.165, 1.54) is 16.2 Å². The average molecular weight is 307 g/mol. The van der Waals surface area contributed by atoms with E-state index in [0.717, 1.165) is 42.7 Å². The predicted molar refractivity (Wildman–Crippen MR) is 81.8 cm³/mol. The third-order valence-corrected chi connectivity index (χ3v) is 6.44. The third-order valence-electron chi connectivity index (χ3n) is 4.21. The second kappa shape index (κ2) is 4.86. The van der Waals surface area contributed by atoms with Crippen LogP contribution in [0, 0.1) is 0 Å². The van der Waals surface area contributed by atoms with Gasteiger partial charge in [0, 0.05) is 10.6 Å². The van der Waals surface area contributed by atoms with Crippen LogP contribution in [0.15, 0.2) is 10.6 Å². The van der Waals surface area contributed by atoms with Gasteiger partial charge in [0.2, 0.25) is 0 Å². The number of nitrogens with zero attached hydrogens (tertiary/aromatic N) is 2. The number of rotatable bonds is 2. The summed E-state index contributed by atoms with van der Waals surface area (Å²) in [5, 5.41) is 4.14. The molecule has 2 N–H and O–H groups in total. The second-order valence-corrected chi connectivity index (χ2v) is 7.89. The lowest BCUT2D eigenvalue weighted by Gasteiger charge is -2.17. The highest BCUT2D eigenvalue weighted by Gasteiger charge is 2.36. The van der Waals surface area contributed by atoms with Gasteiger partial charge in [-0.05, 0) is 36.6 Å². The summed E-state index contributed by atoms with van der Waals surface area (Å²) in [6.45, 7) is 0. The van der Waals surface area contributed by atoms with Crippen LogP contribution >= 0.6 is 23.1 Å². The van der Waals surface area contributed by atoms with Crippen LogP contribution in [-0.2, 0) is 17.7 Å². The first kappa shape index (κ1) is 12.9. The van der Waals surface area contributed by atoms with Gasteiger partial charge in [-0.2, -0.15) is 16.7 Å². The lowest BCUT2D eigenvalue weighted by molar-refractivity contribution is 0.373. The molecule has 0 saturated heterocycles. The summed E-state index contributed by atoms with van der Waals surface area (Å²) in [6.07, 6.45) is 5.40. The minimum Gasteiger partial charge on any atom is -0.333 e. The Morgan fingerprint density at radius 1 is 1.30 bits per heavy atom. The molecule has 2 aliphatic rings. The number of hydrogen-bond donors (Lipinski definition) is 1. The van der Waals surface area contributed by atoms with E-state index < -0.39 is 0 Å². The average Bonchev–Trinajstić information content (AvgIpc) is 3.17. The smallest absolute Gasteiger partial charge is 0.268 e. The molecule has 20 heavy (non-hydrogen) atoms. The van der Waals surface area contributed by atoms with Gasteiger partial charge >= 0.3 is 0 Å². The molecule has 0 bridgehead atoms. The van der Waals surface area contributed by atoms with E-state index in [1.807, 2.05) is 11.8 Å². The van der Waals surface area contributed by atoms with Crippen molar-refractivity contribution in [1.82, 2.24) is 10.1 Å². The van der Waals surface area contributed by atoms with Crippen molar-refractivity contribution in [2.45, 2.75) is 43.4 Å². The van der Waals surface area contributed by atoms with Gasteiger partial charge in [0.05, 0.1) is 10.4 Å². The minimum atomic E-state index is -0.367. The first-order chi connectivity index (χ1) is 9.74. The van der Waals surface area contributed by atoms with Crippen molar-refractivity contribution in [2.75, 3.05) is 5.75 Å². The Hall–Kier alpha value is -0.850. The lowest BCUT2D eigenvalue weighted by atomic mass is 9.99. The highest BCUT2D eigenvalue weighted by atomic mass is 32.2. The van der Waals surface area contributed by atoms with Crippen LogP contribution in [0.3, 0.4) is 0 Å². The highest BCUT2D eigenvalue weighted by molar-refractivity contribution is 7.98. The summed E-state index contributed by atoms with van der Waals surface area (Å²) in [5.41, 5.74) is 7.45. The molecule has 2 aromatic rings. The van der Waals surface area contributed by atoms with Crippen molar-refractivity contribution in [2.24, 2.45) is 5.73 Å². The lowest BCUT2D eigenvalue weighted by Crippen LogP contribution is -2.34. The van der Waals surface area contributed by atoms with Crippen LogP contribution in [-0.4, -0.2) is 15.9 Å². The van der Waals surface area contributed by atoms with Gasteiger partial charge in [-0.25, -0.2) is 0 Å². The molecule has 2 aromatic heterocycles. The maximum absolute atomic E-state index is 6.38. The van der Waals surface area contributed by atoms with Gasteiger partial charge < -0.3 is 10.3 Å². The fourth-order valence-electron chi connectivity index (χ4n) is 3.01. The van der Waals surface area contributed by atoms with E-state index in [2.05, 4.69) is 16.2 Å². The molecule has 1 fully saturated rings. The Kier molecular flexibility index (Phi) is 3.12. The molecule has 0 unspecified atom stereocenters. The largest absolute Gasteiger partial charge is 0.333 e. The number of thiophene rings is 1. The number of aryl methyl sites for hydroxylation is 1. The van der Waals surface area contributed by atoms with Crippen LogP contribution in [0.25, 0.3) is 10.8 Å². The monoisotopic (exact) mass is 307 g/mol.